The molecule has 1 unspecified atom stereocenters. The number of carbonyl (C=O) groups is 2. The molecule has 0 saturated heterocycles. The molecule has 2 aromatic rings. The molecule has 0 aliphatic heterocycles. The molecule has 0 fully saturated rings. The van der Waals surface area contributed by atoms with Crippen LogP contribution >= 0.6 is 11.6 Å². The maximum Gasteiger partial charge on any atom is 0.279 e. The zero-order valence-electron chi connectivity index (χ0n) is 17.1. The van der Waals surface area contributed by atoms with Gasteiger partial charge >= 0.3 is 0 Å². The second-order valence-electron chi connectivity index (χ2n) is 6.80. The molecular formula is C21H27ClN3O4+. The highest BCUT2D eigenvalue weighted by Crippen LogP contribution is 2.27. The zero-order valence-corrected chi connectivity index (χ0v) is 17.9. The van der Waals surface area contributed by atoms with Crippen molar-refractivity contribution < 1.29 is 24.0 Å². The van der Waals surface area contributed by atoms with Crippen LogP contribution in [0, 0.1) is 0 Å². The van der Waals surface area contributed by atoms with Crippen LogP contribution in [0.5, 0.6) is 11.5 Å². The Kier molecular flexibility index (Phi) is 8.30. The van der Waals surface area contributed by atoms with Gasteiger partial charge in [0.05, 0.1) is 21.3 Å². The van der Waals surface area contributed by atoms with Crippen molar-refractivity contribution in [3.8, 4) is 11.5 Å². The molecule has 2 amide bonds. The minimum Gasteiger partial charge on any atom is -0.493 e. The van der Waals surface area contributed by atoms with Crippen molar-refractivity contribution in [3.63, 3.8) is 0 Å². The van der Waals surface area contributed by atoms with E-state index in [2.05, 4.69) is 5.32 Å². The Hall–Kier alpha value is -2.77. The Balaban J connectivity index is 1.85. The maximum absolute atomic E-state index is 12.5. The van der Waals surface area contributed by atoms with Crippen LogP contribution in [0.4, 0.5) is 5.69 Å². The van der Waals surface area contributed by atoms with E-state index in [1.807, 2.05) is 25.2 Å². The Morgan fingerprint density at radius 2 is 1.69 bits per heavy atom. The number of halogens is 1. The molecule has 156 valence electrons. The summed E-state index contributed by atoms with van der Waals surface area (Å²) in [5.74, 6) is 1.03. The first kappa shape index (κ1) is 22.5. The topological polar surface area (TPSA) is 72.3 Å². The van der Waals surface area contributed by atoms with Gasteiger partial charge in [-0.3, -0.25) is 9.59 Å². The minimum atomic E-state index is -0.167. The van der Waals surface area contributed by atoms with E-state index < -0.39 is 0 Å². The maximum atomic E-state index is 12.5. The third-order valence-corrected chi connectivity index (χ3v) is 4.59. The first-order chi connectivity index (χ1) is 13.8. The summed E-state index contributed by atoms with van der Waals surface area (Å²) in [6.07, 6.45) is 0. The van der Waals surface area contributed by atoms with Crippen LogP contribution in [0.15, 0.2) is 42.5 Å². The van der Waals surface area contributed by atoms with Gasteiger partial charge in [0.1, 0.15) is 0 Å². The van der Waals surface area contributed by atoms with Gasteiger partial charge in [-0.1, -0.05) is 17.7 Å². The SMILES string of the molecule is COc1ccc(CN(C)C(=O)C[NH+](C)CC(=O)Nc2ccc(Cl)cc2)cc1OC. The summed E-state index contributed by atoms with van der Waals surface area (Å²) < 4.78 is 10.5. The normalized spacial score (nSPS) is 11.5. The molecule has 2 rings (SSSR count). The lowest BCUT2D eigenvalue weighted by molar-refractivity contribution is -0.862. The summed E-state index contributed by atoms with van der Waals surface area (Å²) in [6, 6.07) is 12.4. The molecule has 2 N–H and O–H groups in total. The number of benzene rings is 2. The first-order valence-electron chi connectivity index (χ1n) is 9.14. The molecule has 8 heteroatoms. The smallest absolute Gasteiger partial charge is 0.279 e. The Bertz CT molecular complexity index is 842. The lowest BCUT2D eigenvalue weighted by Gasteiger charge is -2.20. The summed E-state index contributed by atoms with van der Waals surface area (Å²) in [4.78, 5) is 27.1. The van der Waals surface area contributed by atoms with Gasteiger partial charge in [-0.05, 0) is 42.0 Å². The first-order valence-corrected chi connectivity index (χ1v) is 9.51. The van der Waals surface area contributed by atoms with Crippen molar-refractivity contribution in [1.29, 1.82) is 0 Å². The van der Waals surface area contributed by atoms with Gasteiger partial charge in [0.15, 0.2) is 24.6 Å². The monoisotopic (exact) mass is 420 g/mol. The second kappa shape index (κ2) is 10.7. The van der Waals surface area contributed by atoms with E-state index in [9.17, 15) is 9.59 Å². The Labute approximate surface area is 176 Å². The average molecular weight is 421 g/mol. The van der Waals surface area contributed by atoms with E-state index >= 15 is 0 Å². The average Bonchev–Trinajstić information content (AvgIpc) is 2.69. The van der Waals surface area contributed by atoms with Crippen LogP contribution in [0.3, 0.4) is 0 Å². The van der Waals surface area contributed by atoms with Crippen molar-refractivity contribution in [2.45, 2.75) is 6.54 Å². The lowest BCUT2D eigenvalue weighted by Crippen LogP contribution is -3.11. The fourth-order valence-electron chi connectivity index (χ4n) is 2.81. The second-order valence-corrected chi connectivity index (χ2v) is 7.24. The van der Waals surface area contributed by atoms with E-state index in [-0.39, 0.29) is 24.9 Å². The number of methoxy groups -OCH3 is 2. The Morgan fingerprint density at radius 3 is 2.31 bits per heavy atom. The molecule has 0 aliphatic carbocycles. The summed E-state index contributed by atoms with van der Waals surface area (Å²) in [6.45, 7) is 0.819. The number of nitrogens with zero attached hydrogens (tertiary/aromatic N) is 1. The number of nitrogens with one attached hydrogen (secondary N) is 2. The molecule has 0 spiro atoms. The largest absolute Gasteiger partial charge is 0.493 e. The predicted molar refractivity (Wildman–Crippen MR) is 113 cm³/mol. The zero-order chi connectivity index (χ0) is 21.4. The molecule has 0 heterocycles. The Morgan fingerprint density at radius 1 is 1.03 bits per heavy atom. The van der Waals surface area contributed by atoms with Crippen LogP contribution in [0.1, 0.15) is 5.56 Å². The van der Waals surface area contributed by atoms with Gasteiger partial charge in [0.25, 0.3) is 11.8 Å². The molecule has 0 aromatic heterocycles. The lowest BCUT2D eigenvalue weighted by atomic mass is 10.2. The summed E-state index contributed by atoms with van der Waals surface area (Å²) >= 11 is 5.84. The van der Waals surface area contributed by atoms with Crippen molar-refractivity contribution in [2.75, 3.05) is 46.7 Å². The molecule has 7 nitrogen and oxygen atoms in total. The molecule has 0 aliphatic rings. The highest BCUT2D eigenvalue weighted by molar-refractivity contribution is 6.30. The fraction of sp³-hybridized carbons (Fsp3) is 0.333. The van der Waals surface area contributed by atoms with Crippen LogP contribution < -0.4 is 19.7 Å². The number of hydrogen-bond donors (Lipinski definition) is 2. The van der Waals surface area contributed by atoms with Crippen LogP contribution in [-0.4, -0.2) is 58.1 Å². The van der Waals surface area contributed by atoms with Crippen LogP contribution in [0.2, 0.25) is 5.02 Å². The number of ether oxygens (including phenoxy) is 2. The molecular weight excluding hydrogens is 394 g/mol. The molecule has 0 radical (unpaired) electrons. The van der Waals surface area contributed by atoms with Crippen molar-refractivity contribution in [1.82, 2.24) is 4.90 Å². The number of amides is 2. The molecule has 0 bridgehead atoms. The third kappa shape index (κ3) is 6.96. The van der Waals surface area contributed by atoms with E-state index in [4.69, 9.17) is 21.1 Å². The number of carbonyl (C=O) groups excluding carboxylic acids is 2. The van der Waals surface area contributed by atoms with E-state index in [0.717, 1.165) is 10.5 Å². The predicted octanol–water partition coefficient (Wildman–Crippen LogP) is 1.47. The van der Waals surface area contributed by atoms with E-state index in [0.29, 0.717) is 28.8 Å². The number of likely N-dealkylation sites (N-methyl/N-ethyl adjacent to an activating group) is 2. The van der Waals surface area contributed by atoms with Gasteiger partial charge in [-0.15, -0.1) is 0 Å². The van der Waals surface area contributed by atoms with Gasteiger partial charge in [0.2, 0.25) is 0 Å². The van der Waals surface area contributed by atoms with Gasteiger partial charge in [-0.25, -0.2) is 0 Å². The van der Waals surface area contributed by atoms with Gasteiger partial charge < -0.3 is 24.6 Å². The fourth-order valence-corrected chi connectivity index (χ4v) is 2.94. The van der Waals surface area contributed by atoms with Crippen molar-refractivity contribution in [3.05, 3.63) is 53.1 Å². The minimum absolute atomic E-state index is 0.0587. The third-order valence-electron chi connectivity index (χ3n) is 4.34. The molecule has 29 heavy (non-hydrogen) atoms. The quantitative estimate of drug-likeness (QED) is 0.644. The molecule has 1 atom stereocenters. The molecule has 2 aromatic carbocycles. The van der Waals surface area contributed by atoms with Crippen molar-refractivity contribution >= 4 is 29.1 Å². The number of quaternary nitrogens is 1. The standard InChI is InChI=1S/C21H26ClN3O4/c1-24(13-20(26)23-17-8-6-16(22)7-9-17)14-21(27)25(2)12-15-5-10-18(28-3)19(11-15)29-4/h5-11H,12-14H2,1-4H3,(H,23,26)/p+1. The highest BCUT2D eigenvalue weighted by Gasteiger charge is 2.18. The number of hydrogen-bond acceptors (Lipinski definition) is 4. The van der Waals surface area contributed by atoms with Crippen LogP contribution in [-0.2, 0) is 16.1 Å². The number of rotatable bonds is 9. The van der Waals surface area contributed by atoms with Gasteiger partial charge in [-0.2, -0.15) is 0 Å². The van der Waals surface area contributed by atoms with Crippen molar-refractivity contribution in [2.24, 2.45) is 0 Å². The van der Waals surface area contributed by atoms with E-state index in [1.54, 1.807) is 50.4 Å². The number of anilines is 1. The summed E-state index contributed by atoms with van der Waals surface area (Å²) in [7, 11) is 6.70. The summed E-state index contributed by atoms with van der Waals surface area (Å²) in [5, 5.41) is 3.40. The molecule has 0 saturated carbocycles. The van der Waals surface area contributed by atoms with Crippen LogP contribution in [0.25, 0.3) is 0 Å². The summed E-state index contributed by atoms with van der Waals surface area (Å²) in [5.41, 5.74) is 1.60. The van der Waals surface area contributed by atoms with E-state index in [1.165, 1.54) is 0 Å². The van der Waals surface area contributed by atoms with Gasteiger partial charge in [0, 0.05) is 24.3 Å². The highest BCUT2D eigenvalue weighted by atomic mass is 35.5.